The lowest BCUT2D eigenvalue weighted by atomic mass is 9.96. The molecule has 0 saturated carbocycles. The Kier molecular flexibility index (Phi) is 7.80. The lowest BCUT2D eigenvalue weighted by molar-refractivity contribution is 0.109. The summed E-state index contributed by atoms with van der Waals surface area (Å²) in [6.45, 7) is 5.10. The van der Waals surface area contributed by atoms with Crippen molar-refractivity contribution in [3.63, 3.8) is 0 Å². The minimum atomic E-state index is 0.285. The molecule has 196 valence electrons. The number of hydrogen-bond acceptors (Lipinski definition) is 5. The number of ether oxygens (including phenoxy) is 1. The molecule has 0 radical (unpaired) electrons. The van der Waals surface area contributed by atoms with Gasteiger partial charge in [0.2, 0.25) is 0 Å². The predicted molar refractivity (Wildman–Crippen MR) is 155 cm³/mol. The number of nitrogens with zero attached hydrogens (tertiary/aromatic N) is 3. The molecule has 5 aromatic rings. The average Bonchev–Trinajstić information content (AvgIpc) is 3.48. The van der Waals surface area contributed by atoms with Gasteiger partial charge in [0.1, 0.15) is 23.0 Å². The van der Waals surface area contributed by atoms with Gasteiger partial charge in [0.25, 0.3) is 0 Å². The third-order valence-corrected chi connectivity index (χ3v) is 7.34. The van der Waals surface area contributed by atoms with Crippen molar-refractivity contribution in [1.82, 2.24) is 15.0 Å². The molecule has 0 amide bonds. The van der Waals surface area contributed by atoms with E-state index in [0.29, 0.717) is 0 Å². The maximum absolute atomic E-state index is 5.99. The molecular weight excluding hydrogens is 482 g/mol. The van der Waals surface area contributed by atoms with Crippen molar-refractivity contribution in [3.8, 4) is 22.8 Å². The number of benzene rings is 4. The second kappa shape index (κ2) is 12.1. The van der Waals surface area contributed by atoms with Gasteiger partial charge in [-0.3, -0.25) is 4.90 Å². The highest BCUT2D eigenvalue weighted by Crippen LogP contribution is 2.30. The third-order valence-electron chi connectivity index (χ3n) is 7.34. The molecule has 1 aliphatic rings. The van der Waals surface area contributed by atoms with Crippen LogP contribution in [0, 0.1) is 0 Å². The van der Waals surface area contributed by atoms with E-state index in [9.17, 15) is 0 Å². The third kappa shape index (κ3) is 6.28. The van der Waals surface area contributed by atoms with Crippen LogP contribution in [0.25, 0.3) is 11.3 Å². The zero-order chi connectivity index (χ0) is 26.3. The molecule has 0 N–H and O–H groups in total. The van der Waals surface area contributed by atoms with Crippen molar-refractivity contribution in [2.24, 2.45) is 0 Å². The van der Waals surface area contributed by atoms with E-state index in [0.717, 1.165) is 67.7 Å². The van der Waals surface area contributed by atoms with Crippen molar-refractivity contribution in [3.05, 3.63) is 138 Å². The van der Waals surface area contributed by atoms with Crippen LogP contribution in [0.1, 0.15) is 22.9 Å². The number of aromatic nitrogens is 1. The molecule has 4 aromatic carbocycles. The molecule has 5 heteroatoms. The molecular formula is C34H33N3O2. The van der Waals surface area contributed by atoms with Crippen LogP contribution >= 0.6 is 0 Å². The summed E-state index contributed by atoms with van der Waals surface area (Å²) >= 11 is 0. The molecule has 1 aromatic heterocycles. The Morgan fingerprint density at radius 2 is 1.28 bits per heavy atom. The summed E-state index contributed by atoms with van der Waals surface area (Å²) < 4.78 is 11.7. The fraction of sp³-hybridized carbons (Fsp3) is 0.206. The SMILES string of the molecule is c1ccc(Oc2cccc(-c3cc(CCN4CCN(C(c5ccccc5)c5ccccc5)CC4)on3)c2)cc1. The van der Waals surface area contributed by atoms with Crippen LogP contribution < -0.4 is 4.74 Å². The molecule has 0 aliphatic carbocycles. The first-order valence-corrected chi connectivity index (χ1v) is 13.7. The van der Waals surface area contributed by atoms with Gasteiger partial charge in [-0.25, -0.2) is 0 Å². The molecule has 1 fully saturated rings. The van der Waals surface area contributed by atoms with E-state index in [1.54, 1.807) is 0 Å². The molecule has 0 spiro atoms. The Bertz CT molecular complexity index is 1410. The quantitative estimate of drug-likeness (QED) is 0.210. The molecule has 1 aliphatic heterocycles. The van der Waals surface area contributed by atoms with Gasteiger partial charge in [-0.05, 0) is 35.4 Å². The van der Waals surface area contributed by atoms with E-state index in [1.165, 1.54) is 11.1 Å². The highest BCUT2D eigenvalue weighted by atomic mass is 16.5. The monoisotopic (exact) mass is 515 g/mol. The fourth-order valence-corrected chi connectivity index (χ4v) is 5.31. The summed E-state index contributed by atoms with van der Waals surface area (Å²) in [5, 5.41) is 4.34. The van der Waals surface area contributed by atoms with E-state index >= 15 is 0 Å². The number of piperazine rings is 1. The molecule has 5 nitrogen and oxygen atoms in total. The van der Waals surface area contributed by atoms with Crippen LogP contribution in [-0.2, 0) is 6.42 Å². The molecule has 6 rings (SSSR count). The van der Waals surface area contributed by atoms with E-state index < -0.39 is 0 Å². The van der Waals surface area contributed by atoms with Gasteiger partial charge in [-0.1, -0.05) is 96.2 Å². The second-order valence-electron chi connectivity index (χ2n) is 9.97. The second-order valence-corrected chi connectivity index (χ2v) is 9.97. The highest BCUT2D eigenvalue weighted by Gasteiger charge is 2.26. The lowest BCUT2D eigenvalue weighted by Gasteiger charge is -2.39. The number of para-hydroxylation sites is 1. The van der Waals surface area contributed by atoms with Crippen molar-refractivity contribution < 1.29 is 9.26 Å². The summed E-state index contributed by atoms with van der Waals surface area (Å²) in [5.74, 6) is 2.51. The normalized spacial score (nSPS) is 14.5. The van der Waals surface area contributed by atoms with Gasteiger partial charge in [-0.2, -0.15) is 0 Å². The van der Waals surface area contributed by atoms with E-state index in [1.807, 2.05) is 54.6 Å². The fourth-order valence-electron chi connectivity index (χ4n) is 5.31. The van der Waals surface area contributed by atoms with Crippen LogP contribution in [0.3, 0.4) is 0 Å². The maximum atomic E-state index is 5.99. The zero-order valence-electron chi connectivity index (χ0n) is 22.0. The maximum Gasteiger partial charge on any atom is 0.138 e. The Morgan fingerprint density at radius 1 is 0.667 bits per heavy atom. The average molecular weight is 516 g/mol. The topological polar surface area (TPSA) is 41.7 Å². The van der Waals surface area contributed by atoms with E-state index in [4.69, 9.17) is 9.26 Å². The Hall–Kier alpha value is -4.19. The smallest absolute Gasteiger partial charge is 0.138 e. The summed E-state index contributed by atoms with van der Waals surface area (Å²) in [5.41, 5.74) is 4.52. The van der Waals surface area contributed by atoms with Crippen LogP contribution in [0.5, 0.6) is 11.5 Å². The lowest BCUT2D eigenvalue weighted by Crippen LogP contribution is -2.48. The molecule has 39 heavy (non-hydrogen) atoms. The van der Waals surface area contributed by atoms with Crippen LogP contribution in [0.2, 0.25) is 0 Å². The van der Waals surface area contributed by atoms with E-state index in [-0.39, 0.29) is 6.04 Å². The Balaban J connectivity index is 1.05. The van der Waals surface area contributed by atoms with Crippen molar-refractivity contribution >= 4 is 0 Å². The molecule has 0 atom stereocenters. The molecule has 1 saturated heterocycles. The highest BCUT2D eigenvalue weighted by molar-refractivity contribution is 5.61. The molecule has 0 unspecified atom stereocenters. The summed E-state index contributed by atoms with van der Waals surface area (Å²) in [6, 6.07) is 41.8. The Labute approximate surface area is 230 Å². The summed E-state index contributed by atoms with van der Waals surface area (Å²) in [7, 11) is 0. The van der Waals surface area contributed by atoms with Gasteiger partial charge < -0.3 is 14.2 Å². The summed E-state index contributed by atoms with van der Waals surface area (Å²) in [6.07, 6.45) is 0.841. The standard InChI is InChI=1S/C34H33N3O2/c1-4-11-27(12-5-1)34(28-13-6-2-7-14-28)37-23-21-36(22-24-37)20-19-32-26-33(35-39-32)29-15-10-18-31(25-29)38-30-16-8-3-9-17-30/h1-18,25-26,34H,19-24H2. The van der Waals surface area contributed by atoms with Gasteiger partial charge in [0, 0.05) is 50.8 Å². The Morgan fingerprint density at radius 3 is 1.95 bits per heavy atom. The van der Waals surface area contributed by atoms with Crippen LogP contribution in [0.4, 0.5) is 0 Å². The number of rotatable bonds is 9. The summed E-state index contributed by atoms with van der Waals surface area (Å²) in [4.78, 5) is 5.14. The van der Waals surface area contributed by atoms with E-state index in [2.05, 4.69) is 81.7 Å². The zero-order valence-corrected chi connectivity index (χ0v) is 22.0. The van der Waals surface area contributed by atoms with Crippen molar-refractivity contribution in [2.75, 3.05) is 32.7 Å². The van der Waals surface area contributed by atoms with Gasteiger partial charge in [0.15, 0.2) is 0 Å². The van der Waals surface area contributed by atoms with Gasteiger partial charge in [-0.15, -0.1) is 0 Å². The molecule has 0 bridgehead atoms. The minimum Gasteiger partial charge on any atom is -0.457 e. The molecule has 2 heterocycles. The minimum absolute atomic E-state index is 0.285. The first kappa shape index (κ1) is 25.1. The van der Waals surface area contributed by atoms with Crippen LogP contribution in [0.15, 0.2) is 126 Å². The first-order chi connectivity index (χ1) is 19.3. The van der Waals surface area contributed by atoms with Gasteiger partial charge >= 0.3 is 0 Å². The number of hydrogen-bond donors (Lipinski definition) is 0. The van der Waals surface area contributed by atoms with Gasteiger partial charge in [0.05, 0.1) is 6.04 Å². The predicted octanol–water partition coefficient (Wildman–Crippen LogP) is 7.08. The first-order valence-electron chi connectivity index (χ1n) is 13.7. The largest absolute Gasteiger partial charge is 0.457 e. The van der Waals surface area contributed by atoms with Crippen molar-refractivity contribution in [1.29, 1.82) is 0 Å². The van der Waals surface area contributed by atoms with Crippen LogP contribution in [-0.4, -0.2) is 47.7 Å². The van der Waals surface area contributed by atoms with Crippen molar-refractivity contribution in [2.45, 2.75) is 12.5 Å².